The lowest BCUT2D eigenvalue weighted by Crippen LogP contribution is -2.26. The van der Waals surface area contributed by atoms with E-state index in [0.717, 1.165) is 3.57 Å². The number of halogens is 1. The zero-order valence-corrected chi connectivity index (χ0v) is 17.6. The molecule has 30 heavy (non-hydrogen) atoms. The molecule has 7 heteroatoms. The number of hydrogen-bond donors (Lipinski definition) is 1. The Morgan fingerprint density at radius 3 is 2.23 bits per heavy atom. The van der Waals surface area contributed by atoms with E-state index in [-0.39, 0.29) is 28.0 Å². The molecule has 1 aliphatic rings. The van der Waals surface area contributed by atoms with Gasteiger partial charge >= 0.3 is 5.97 Å². The lowest BCUT2D eigenvalue weighted by molar-refractivity contribution is -0.119. The smallest absolute Gasteiger partial charge is 0.339 e. The summed E-state index contributed by atoms with van der Waals surface area (Å²) >= 11 is 2.12. The standard InChI is InChI=1S/C23H14INO5/c24-13-5-3-6-14(11-13)25-19(26)12-30-23(29)18-10-4-9-17-20(18)22(28)16-8-2-1-7-15(16)21(17)27/h1-11H,12H2,(H,25,26). The molecular formula is C23H14INO5. The number of benzene rings is 3. The normalized spacial score (nSPS) is 12.0. The highest BCUT2D eigenvalue weighted by atomic mass is 127. The number of esters is 1. The second-order valence-electron chi connectivity index (χ2n) is 6.57. The maximum absolute atomic E-state index is 13.0. The molecule has 0 aliphatic heterocycles. The van der Waals surface area contributed by atoms with E-state index in [1.807, 2.05) is 6.07 Å². The molecule has 0 spiro atoms. The lowest BCUT2D eigenvalue weighted by atomic mass is 9.82. The number of hydrogen-bond acceptors (Lipinski definition) is 5. The maximum atomic E-state index is 13.0. The van der Waals surface area contributed by atoms with E-state index in [1.54, 1.807) is 42.5 Å². The number of ether oxygens (including phenoxy) is 1. The Bertz CT molecular complexity index is 1220. The highest BCUT2D eigenvalue weighted by Gasteiger charge is 2.33. The van der Waals surface area contributed by atoms with Crippen LogP contribution in [-0.2, 0) is 9.53 Å². The number of anilines is 1. The van der Waals surface area contributed by atoms with Gasteiger partial charge in [0.2, 0.25) is 0 Å². The quantitative estimate of drug-likeness (QED) is 0.332. The number of amides is 1. The predicted molar refractivity (Wildman–Crippen MR) is 118 cm³/mol. The summed E-state index contributed by atoms with van der Waals surface area (Å²) in [5, 5.41) is 2.64. The van der Waals surface area contributed by atoms with E-state index < -0.39 is 24.3 Å². The van der Waals surface area contributed by atoms with E-state index in [0.29, 0.717) is 11.3 Å². The second-order valence-corrected chi connectivity index (χ2v) is 7.81. The second kappa shape index (κ2) is 8.19. The first-order chi connectivity index (χ1) is 14.5. The fourth-order valence-corrected chi connectivity index (χ4v) is 3.83. The Morgan fingerprint density at radius 2 is 1.50 bits per heavy atom. The van der Waals surface area contributed by atoms with Gasteiger partial charge in [0, 0.05) is 31.5 Å². The number of nitrogens with one attached hydrogen (secondary N) is 1. The summed E-state index contributed by atoms with van der Waals surface area (Å²) in [7, 11) is 0. The molecule has 3 aromatic carbocycles. The Balaban J connectivity index is 1.54. The van der Waals surface area contributed by atoms with Crippen LogP contribution in [0, 0.1) is 3.57 Å². The van der Waals surface area contributed by atoms with Crippen LogP contribution in [0.4, 0.5) is 5.69 Å². The Kier molecular flexibility index (Phi) is 5.45. The Hall–Kier alpha value is -3.33. The average molecular weight is 511 g/mol. The van der Waals surface area contributed by atoms with Gasteiger partial charge in [0.1, 0.15) is 0 Å². The van der Waals surface area contributed by atoms with Crippen LogP contribution in [0.25, 0.3) is 0 Å². The molecule has 0 unspecified atom stereocenters. The van der Waals surface area contributed by atoms with E-state index in [9.17, 15) is 19.2 Å². The van der Waals surface area contributed by atoms with Crippen molar-refractivity contribution in [3.8, 4) is 0 Å². The molecule has 0 fully saturated rings. The van der Waals surface area contributed by atoms with Crippen molar-refractivity contribution >= 4 is 51.7 Å². The Labute approximate surface area is 185 Å². The SMILES string of the molecule is O=C(COC(=O)c1cccc2c1C(=O)c1ccccc1C2=O)Nc1cccc(I)c1. The summed E-state index contributed by atoms with van der Waals surface area (Å²) in [6.45, 7) is -0.521. The molecule has 0 saturated carbocycles. The number of carbonyl (C=O) groups excluding carboxylic acids is 4. The molecule has 6 nitrogen and oxygen atoms in total. The van der Waals surface area contributed by atoms with Gasteiger partial charge in [-0.2, -0.15) is 0 Å². The molecule has 3 aromatic rings. The molecule has 0 saturated heterocycles. The van der Waals surface area contributed by atoms with Gasteiger partial charge in [-0.1, -0.05) is 42.5 Å². The zero-order valence-electron chi connectivity index (χ0n) is 15.5. The van der Waals surface area contributed by atoms with Gasteiger partial charge in [-0.25, -0.2) is 4.79 Å². The van der Waals surface area contributed by atoms with E-state index in [4.69, 9.17) is 4.74 Å². The van der Waals surface area contributed by atoms with Crippen LogP contribution >= 0.6 is 22.6 Å². The van der Waals surface area contributed by atoms with Gasteiger partial charge in [0.05, 0.1) is 5.56 Å². The third kappa shape index (κ3) is 3.76. The van der Waals surface area contributed by atoms with Crippen molar-refractivity contribution in [3.05, 3.63) is 98.1 Å². The molecule has 0 aromatic heterocycles. The van der Waals surface area contributed by atoms with Gasteiger partial charge < -0.3 is 10.1 Å². The molecule has 1 aliphatic carbocycles. The van der Waals surface area contributed by atoms with Crippen molar-refractivity contribution in [3.63, 3.8) is 0 Å². The summed E-state index contributed by atoms with van der Waals surface area (Å²) in [5.74, 6) is -2.10. The number of ketones is 2. The average Bonchev–Trinajstić information content (AvgIpc) is 2.75. The van der Waals surface area contributed by atoms with Crippen LogP contribution in [0.5, 0.6) is 0 Å². The summed E-state index contributed by atoms with van der Waals surface area (Å²) in [6.07, 6.45) is 0. The van der Waals surface area contributed by atoms with Crippen molar-refractivity contribution < 1.29 is 23.9 Å². The van der Waals surface area contributed by atoms with Crippen LogP contribution in [-0.4, -0.2) is 30.0 Å². The number of fused-ring (bicyclic) bond motifs is 2. The lowest BCUT2D eigenvalue weighted by Gasteiger charge is -2.19. The monoisotopic (exact) mass is 511 g/mol. The largest absolute Gasteiger partial charge is 0.452 e. The highest BCUT2D eigenvalue weighted by Crippen LogP contribution is 2.29. The topological polar surface area (TPSA) is 89.5 Å². The van der Waals surface area contributed by atoms with Gasteiger partial charge in [-0.15, -0.1) is 0 Å². The maximum Gasteiger partial charge on any atom is 0.339 e. The molecule has 0 atom stereocenters. The van der Waals surface area contributed by atoms with Crippen LogP contribution in [0.15, 0.2) is 66.7 Å². The zero-order chi connectivity index (χ0) is 21.3. The molecular weight excluding hydrogens is 497 g/mol. The first-order valence-corrected chi connectivity index (χ1v) is 10.1. The third-order valence-electron chi connectivity index (χ3n) is 4.62. The van der Waals surface area contributed by atoms with Crippen molar-refractivity contribution in [2.24, 2.45) is 0 Å². The van der Waals surface area contributed by atoms with Crippen LogP contribution in [0.2, 0.25) is 0 Å². The molecule has 148 valence electrons. The van der Waals surface area contributed by atoms with E-state index in [1.165, 1.54) is 18.2 Å². The highest BCUT2D eigenvalue weighted by molar-refractivity contribution is 14.1. The van der Waals surface area contributed by atoms with Crippen molar-refractivity contribution in [1.29, 1.82) is 0 Å². The first-order valence-electron chi connectivity index (χ1n) is 8.99. The van der Waals surface area contributed by atoms with Crippen molar-refractivity contribution in [1.82, 2.24) is 0 Å². The molecule has 1 N–H and O–H groups in total. The van der Waals surface area contributed by atoms with Crippen LogP contribution in [0.1, 0.15) is 42.2 Å². The van der Waals surface area contributed by atoms with Crippen LogP contribution in [0.3, 0.4) is 0 Å². The van der Waals surface area contributed by atoms with Gasteiger partial charge in [0.15, 0.2) is 18.2 Å². The fourth-order valence-electron chi connectivity index (χ4n) is 3.29. The van der Waals surface area contributed by atoms with Crippen molar-refractivity contribution in [2.75, 3.05) is 11.9 Å². The molecule has 0 radical (unpaired) electrons. The molecule has 1 amide bonds. The summed E-state index contributed by atoms with van der Waals surface area (Å²) in [6, 6.07) is 18.1. The molecule has 0 heterocycles. The molecule has 4 rings (SSSR count). The minimum absolute atomic E-state index is 0.00391. The predicted octanol–water partition coefficient (Wildman–Crippen LogP) is 3.86. The minimum Gasteiger partial charge on any atom is -0.452 e. The molecule has 0 bridgehead atoms. The van der Waals surface area contributed by atoms with Gasteiger partial charge in [0.25, 0.3) is 5.91 Å². The van der Waals surface area contributed by atoms with Gasteiger partial charge in [-0.05, 0) is 46.9 Å². The van der Waals surface area contributed by atoms with Crippen molar-refractivity contribution in [2.45, 2.75) is 0 Å². The fraction of sp³-hybridized carbons (Fsp3) is 0.0435. The van der Waals surface area contributed by atoms with E-state index in [2.05, 4.69) is 27.9 Å². The Morgan fingerprint density at radius 1 is 0.833 bits per heavy atom. The summed E-state index contributed by atoms with van der Waals surface area (Å²) in [4.78, 5) is 50.4. The number of rotatable bonds is 4. The van der Waals surface area contributed by atoms with E-state index >= 15 is 0 Å². The summed E-state index contributed by atoms with van der Waals surface area (Å²) in [5.41, 5.74) is 1.24. The third-order valence-corrected chi connectivity index (χ3v) is 5.29. The number of carbonyl (C=O) groups is 4. The minimum atomic E-state index is -0.842. The first kappa shape index (κ1) is 20.0. The summed E-state index contributed by atoms with van der Waals surface area (Å²) < 4.78 is 6.06. The van der Waals surface area contributed by atoms with Gasteiger partial charge in [-0.3, -0.25) is 14.4 Å². The van der Waals surface area contributed by atoms with Crippen LogP contribution < -0.4 is 5.32 Å².